The number of carbonyl (C=O) groups excluding carboxylic acids is 1. The molecule has 0 spiro atoms. The third-order valence-corrected chi connectivity index (χ3v) is 9.64. The Balaban J connectivity index is 1.55. The monoisotopic (exact) mass is 684 g/mol. The molecule has 0 aromatic heterocycles. The highest BCUT2D eigenvalue weighted by Gasteiger charge is 2.54. The highest BCUT2D eigenvalue weighted by atomic mass is 32.2. The summed E-state index contributed by atoms with van der Waals surface area (Å²) in [4.78, 5) is 22.3. The minimum atomic E-state index is -3.87. The number of carbonyl (C=O) groups is 1. The summed E-state index contributed by atoms with van der Waals surface area (Å²) in [5.41, 5.74) is 15.1. The fourth-order valence-electron chi connectivity index (χ4n) is 5.31. The van der Waals surface area contributed by atoms with Gasteiger partial charge in [-0.25, -0.2) is 18.8 Å². The van der Waals surface area contributed by atoms with Crippen LogP contribution in [-0.2, 0) is 25.9 Å². The zero-order chi connectivity index (χ0) is 34.7. The van der Waals surface area contributed by atoms with Crippen molar-refractivity contribution in [3.63, 3.8) is 0 Å². The third-order valence-electron chi connectivity index (χ3n) is 7.91. The van der Waals surface area contributed by atoms with E-state index in [9.17, 15) is 18.7 Å². The van der Waals surface area contributed by atoms with E-state index in [2.05, 4.69) is 20.9 Å². The van der Waals surface area contributed by atoms with Crippen molar-refractivity contribution < 1.29 is 32.5 Å². The normalized spacial score (nSPS) is 16.9. The van der Waals surface area contributed by atoms with E-state index in [1.807, 2.05) is 12.1 Å². The second kappa shape index (κ2) is 16.1. The topological polar surface area (TPSA) is 184 Å². The molecule has 0 radical (unpaired) electrons. The number of benzene rings is 4. The van der Waals surface area contributed by atoms with Crippen LogP contribution < -0.4 is 20.3 Å². The van der Waals surface area contributed by atoms with Crippen LogP contribution >= 0.6 is 0 Å². The number of amides is 1. The highest BCUT2D eigenvalue weighted by molar-refractivity contribution is 7.91. The third kappa shape index (κ3) is 8.37. The minimum Gasteiger partial charge on any atom is -0.497 e. The van der Waals surface area contributed by atoms with Crippen molar-refractivity contribution in [3.8, 4) is 11.5 Å². The van der Waals surface area contributed by atoms with Gasteiger partial charge in [-0.3, -0.25) is 10.2 Å². The van der Waals surface area contributed by atoms with Crippen LogP contribution in [0.5, 0.6) is 11.5 Å². The van der Waals surface area contributed by atoms with Crippen molar-refractivity contribution in [1.82, 2.24) is 10.9 Å². The maximum Gasteiger partial charge on any atom is 0.266 e. The lowest BCUT2D eigenvalue weighted by Crippen LogP contribution is -2.53. The molecule has 0 saturated carbocycles. The zero-order valence-electron chi connectivity index (χ0n) is 26.7. The second-order valence-electron chi connectivity index (χ2n) is 11.1. The highest BCUT2D eigenvalue weighted by Crippen LogP contribution is 2.45. The molecule has 0 bridgehead atoms. The molecule has 0 fully saturated rings. The first kappa shape index (κ1) is 34.9. The minimum absolute atomic E-state index is 0.000528. The molecule has 1 heterocycles. The quantitative estimate of drug-likeness (QED) is 0.0464. The second-order valence-corrected chi connectivity index (χ2v) is 13.2. The summed E-state index contributed by atoms with van der Waals surface area (Å²) < 4.78 is 44.5. The predicted octanol–water partition coefficient (Wildman–Crippen LogP) is 5.34. The van der Waals surface area contributed by atoms with Crippen LogP contribution in [0.25, 0.3) is 10.4 Å². The zero-order valence-corrected chi connectivity index (χ0v) is 27.5. The van der Waals surface area contributed by atoms with E-state index in [1.165, 1.54) is 12.1 Å². The van der Waals surface area contributed by atoms with Crippen LogP contribution in [0.2, 0.25) is 0 Å². The van der Waals surface area contributed by atoms with Gasteiger partial charge in [0.15, 0.2) is 21.5 Å². The first-order valence-corrected chi connectivity index (χ1v) is 17.1. The predicted molar refractivity (Wildman–Crippen MR) is 183 cm³/mol. The number of aliphatic hydroxyl groups is 1. The summed E-state index contributed by atoms with van der Waals surface area (Å²) in [6.07, 6.45) is -0.986. The number of rotatable bonds is 16. The number of nitrogens with one attached hydrogen (secondary N) is 2. The van der Waals surface area contributed by atoms with Gasteiger partial charge in [-0.2, -0.15) is 0 Å². The fourth-order valence-corrected chi connectivity index (χ4v) is 6.70. The van der Waals surface area contributed by atoms with Crippen molar-refractivity contribution in [2.45, 2.75) is 35.9 Å². The number of azide groups is 1. The molecule has 13 nitrogen and oxygen atoms in total. The molecule has 254 valence electrons. The van der Waals surface area contributed by atoms with Crippen LogP contribution in [0.1, 0.15) is 35.6 Å². The Hall–Kier alpha value is -5.40. The molecule has 0 unspecified atom stereocenters. The Labute approximate surface area is 284 Å². The number of aliphatic hydroxyl groups excluding tert-OH is 1. The standard InChI is InChI=1S/C35H36N6O7S/c1-46-27-16-12-25(13-17-27)24-37-40-34(43)35(20-23-49(44,45)29-8-3-2-4-9-29)32(30-10-5-6-11-31(30)39-41-36)48-33(38-35)26-14-18-28(19-15-26)47-22-7-21-42/h2-6,8-19,32,37,42H,7,20-24H2,1H3,(H,40,43)/t32-,35-/m0/s1. The molecule has 49 heavy (non-hydrogen) atoms. The van der Waals surface area contributed by atoms with E-state index in [0.29, 0.717) is 35.7 Å². The summed E-state index contributed by atoms with van der Waals surface area (Å²) >= 11 is 0. The van der Waals surface area contributed by atoms with Gasteiger partial charge in [0.25, 0.3) is 5.91 Å². The molecule has 0 saturated heterocycles. The molecule has 5 rings (SSSR count). The lowest BCUT2D eigenvalue weighted by molar-refractivity contribution is -0.130. The number of sulfone groups is 1. The first-order valence-electron chi connectivity index (χ1n) is 15.5. The molecule has 1 aliphatic rings. The van der Waals surface area contributed by atoms with Gasteiger partial charge in [0.1, 0.15) is 11.5 Å². The van der Waals surface area contributed by atoms with Gasteiger partial charge in [-0.05, 0) is 59.6 Å². The maximum absolute atomic E-state index is 14.4. The SMILES string of the molecule is COc1ccc(CNNC(=O)[C@@]2(CCS(=O)(=O)c3ccccc3)N=C(c3ccc(OCCCO)cc3)O[C@H]2c2ccccc2N=[N+]=[N-])cc1. The van der Waals surface area contributed by atoms with E-state index < -0.39 is 33.1 Å². The number of hydrazine groups is 1. The Bertz CT molecular complexity index is 1920. The van der Waals surface area contributed by atoms with Gasteiger partial charge < -0.3 is 19.3 Å². The number of hydrogen-bond donors (Lipinski definition) is 3. The van der Waals surface area contributed by atoms with Gasteiger partial charge in [-0.1, -0.05) is 59.7 Å². The van der Waals surface area contributed by atoms with Gasteiger partial charge in [0.2, 0.25) is 5.90 Å². The average Bonchev–Trinajstić information content (AvgIpc) is 3.53. The molecule has 2 atom stereocenters. The van der Waals surface area contributed by atoms with Gasteiger partial charge >= 0.3 is 0 Å². The van der Waals surface area contributed by atoms with Crippen molar-refractivity contribution in [2.75, 3.05) is 26.1 Å². The lowest BCUT2D eigenvalue weighted by atomic mass is 9.84. The average molecular weight is 685 g/mol. The number of ether oxygens (including phenoxy) is 3. The van der Waals surface area contributed by atoms with Crippen molar-refractivity contribution in [2.24, 2.45) is 10.1 Å². The molecule has 4 aromatic carbocycles. The Morgan fingerprint density at radius 3 is 2.39 bits per heavy atom. The molecular weight excluding hydrogens is 648 g/mol. The number of nitrogens with zero attached hydrogens (tertiary/aromatic N) is 4. The van der Waals surface area contributed by atoms with Gasteiger partial charge in [-0.15, -0.1) is 0 Å². The maximum atomic E-state index is 14.4. The molecule has 14 heteroatoms. The van der Waals surface area contributed by atoms with Crippen LogP contribution in [0.15, 0.2) is 118 Å². The van der Waals surface area contributed by atoms with Crippen LogP contribution in [0.4, 0.5) is 5.69 Å². The molecular formula is C35H36N6O7S. The van der Waals surface area contributed by atoms with E-state index in [4.69, 9.17) is 24.3 Å². The fraction of sp³-hybridized carbons (Fsp3) is 0.257. The van der Waals surface area contributed by atoms with E-state index in [1.54, 1.807) is 86.0 Å². The van der Waals surface area contributed by atoms with Crippen molar-refractivity contribution in [1.29, 1.82) is 0 Å². The van der Waals surface area contributed by atoms with E-state index in [0.717, 1.165) is 5.56 Å². The van der Waals surface area contributed by atoms with Crippen molar-refractivity contribution in [3.05, 3.63) is 130 Å². The summed E-state index contributed by atoms with van der Waals surface area (Å²) in [5.74, 6) is 0.235. The summed E-state index contributed by atoms with van der Waals surface area (Å²) in [5, 5.41) is 12.9. The Morgan fingerprint density at radius 1 is 1.00 bits per heavy atom. The smallest absolute Gasteiger partial charge is 0.266 e. The lowest BCUT2D eigenvalue weighted by Gasteiger charge is -2.31. The number of aliphatic imine (C=N–C) groups is 1. The van der Waals surface area contributed by atoms with Crippen LogP contribution in [0.3, 0.4) is 0 Å². The molecule has 1 aliphatic heterocycles. The Morgan fingerprint density at radius 2 is 1.69 bits per heavy atom. The summed E-state index contributed by atoms with van der Waals surface area (Å²) in [7, 11) is -2.30. The van der Waals surface area contributed by atoms with E-state index >= 15 is 0 Å². The van der Waals surface area contributed by atoms with Gasteiger partial charge in [0.05, 0.1) is 24.4 Å². The Kier molecular flexibility index (Phi) is 11.5. The largest absolute Gasteiger partial charge is 0.497 e. The van der Waals surface area contributed by atoms with E-state index in [-0.39, 0.29) is 36.1 Å². The van der Waals surface area contributed by atoms with Gasteiger partial charge in [0, 0.05) is 47.7 Å². The van der Waals surface area contributed by atoms with Crippen molar-refractivity contribution >= 4 is 27.3 Å². The summed E-state index contributed by atoms with van der Waals surface area (Å²) in [6.45, 7) is 0.568. The molecule has 0 aliphatic carbocycles. The number of hydrogen-bond acceptors (Lipinski definition) is 10. The summed E-state index contributed by atoms with van der Waals surface area (Å²) in [6, 6.07) is 28.7. The van der Waals surface area contributed by atoms with Crippen LogP contribution in [0, 0.1) is 0 Å². The molecule has 4 aromatic rings. The molecule has 1 amide bonds. The first-order chi connectivity index (χ1) is 23.8. The number of methoxy groups -OCH3 is 1. The molecule has 3 N–H and O–H groups in total. The van der Waals surface area contributed by atoms with Crippen LogP contribution in [-0.4, -0.2) is 56.9 Å².